The second kappa shape index (κ2) is 38.7. The molecule has 8 aromatic rings. The van der Waals surface area contributed by atoms with Crippen LogP contribution < -0.4 is 59.1 Å². The molecule has 0 spiro atoms. The van der Waals surface area contributed by atoms with E-state index in [1.54, 1.807) is 48.5 Å². The fourth-order valence-electron chi connectivity index (χ4n) is 13.6. The molecule has 8 N–H and O–H groups in total. The molecule has 0 heterocycles. The standard InChI is InChI=1S/C92H120N8O16S4/c1-57-21-29-77(30-22-57)117(105,106)97-61(5)85(101)93-37-41-113-81-65-45-67-51-74(90(12,13)14)53-69(82(67)114-42-38-94-86(102)62(6)98-118(107,108)78-31-23-58(2)24-32-78)47-71-55-76(92(18,19)20)56-72(84(71)116-44-40-96-88(104)64(8)100-120(111,112)80-35-27-60(4)28-36-80)48-70-54-75(91(15,16)17)52-68(46-66(81)50-73(49-65)89(9,10)11)83(70)115-43-39-95-87(103)63(7)99-119(109,110)79-33-25-59(3)26-34-79/h21-36,49-56,61-64,97-100H,37-48H2,1-20H3,(H,93,101)(H,94,102)(H,95,103)(H,96,104). The molecule has 0 aliphatic heterocycles. The summed E-state index contributed by atoms with van der Waals surface area (Å²) in [5.74, 6) is -0.554. The Balaban J connectivity index is 1.21. The second-order valence-corrected chi connectivity index (χ2v) is 42.2. The van der Waals surface area contributed by atoms with Gasteiger partial charge in [-0.3, -0.25) is 19.2 Å². The molecule has 4 atom stereocenters. The molecule has 28 heteroatoms. The zero-order chi connectivity index (χ0) is 88.4. The first-order valence-corrected chi connectivity index (χ1v) is 46.5. The van der Waals surface area contributed by atoms with Gasteiger partial charge in [0.15, 0.2) is 0 Å². The fourth-order valence-corrected chi connectivity index (χ4v) is 18.4. The molecule has 0 saturated carbocycles. The Bertz CT molecular complexity index is 4740. The van der Waals surface area contributed by atoms with Crippen molar-refractivity contribution in [2.75, 3.05) is 52.6 Å². The van der Waals surface area contributed by atoms with E-state index in [1.807, 2.05) is 27.7 Å². The van der Waals surface area contributed by atoms with E-state index in [0.717, 1.165) is 44.5 Å². The lowest BCUT2D eigenvalue weighted by Crippen LogP contribution is -2.45. The SMILES string of the molecule is Cc1ccc(S(=O)(=O)NC(C)C(=O)NCCOc2c3cc(C(C)(C)C)cc2Cc2cc(C(C)(C)C)cc(c2OCCNC(=O)C(C)NS(=O)(=O)c2ccc(C)cc2)Cc2cc(C(C)(C)C)cc(c2OCCNC(=O)C(C)NS(=O)(=O)c2ccc(C)cc2)Cc2cc(C(C)(C)C)cc(c2OCCNC(=O)C(C)NS(=O)(=O)c2ccc(C)cc2)C3)cc1. The molecule has 8 aromatic carbocycles. The second-order valence-electron chi connectivity index (χ2n) is 35.4. The Morgan fingerprint density at radius 3 is 0.575 bits per heavy atom. The normalized spacial score (nSPS) is 14.0. The van der Waals surface area contributed by atoms with Gasteiger partial charge in [-0.1, -0.05) is 202 Å². The highest BCUT2D eigenvalue weighted by Gasteiger charge is 2.33. The summed E-state index contributed by atoms with van der Waals surface area (Å²) in [5.41, 5.74) is 10.8. The van der Waals surface area contributed by atoms with Gasteiger partial charge in [0.25, 0.3) is 0 Å². The van der Waals surface area contributed by atoms with Gasteiger partial charge in [0.05, 0.1) is 69.9 Å². The summed E-state index contributed by atoms with van der Waals surface area (Å²) < 4.78 is 147. The van der Waals surface area contributed by atoms with Crippen LogP contribution in [-0.4, -0.2) is 134 Å². The maximum atomic E-state index is 14.0. The molecular weight excluding hydrogens is 1600 g/mol. The van der Waals surface area contributed by atoms with Gasteiger partial charge in [-0.25, -0.2) is 33.7 Å². The van der Waals surface area contributed by atoms with E-state index in [0.29, 0.717) is 67.5 Å². The number of amides is 4. The molecule has 0 fully saturated rings. The topological polar surface area (TPSA) is 338 Å². The highest BCUT2D eigenvalue weighted by Crippen LogP contribution is 2.45. The lowest BCUT2D eigenvalue weighted by molar-refractivity contribution is -0.123. The van der Waals surface area contributed by atoms with E-state index in [4.69, 9.17) is 18.9 Å². The molecule has 0 aromatic heterocycles. The molecule has 120 heavy (non-hydrogen) atoms. The first-order chi connectivity index (χ1) is 55.9. The predicted molar refractivity (Wildman–Crippen MR) is 470 cm³/mol. The van der Waals surface area contributed by atoms with Crippen LogP contribution in [0.4, 0.5) is 0 Å². The molecule has 1 aliphatic rings. The summed E-state index contributed by atoms with van der Waals surface area (Å²) in [7, 11) is -16.4. The summed E-state index contributed by atoms with van der Waals surface area (Å²) in [5, 5.41) is 11.6. The number of sulfonamides is 4. The molecule has 4 amide bonds. The van der Waals surface area contributed by atoms with E-state index in [2.05, 4.69) is 172 Å². The third-order valence-electron chi connectivity index (χ3n) is 20.8. The van der Waals surface area contributed by atoms with E-state index in [-0.39, 0.29) is 97.9 Å². The number of carbonyl (C=O) groups excluding carboxylic acids is 4. The zero-order valence-electron chi connectivity index (χ0n) is 72.8. The third kappa shape index (κ3) is 25.3. The van der Waals surface area contributed by atoms with Crippen molar-refractivity contribution in [2.24, 2.45) is 0 Å². The number of carbonyl (C=O) groups is 4. The van der Waals surface area contributed by atoms with Gasteiger partial charge in [-0.15, -0.1) is 0 Å². The van der Waals surface area contributed by atoms with Gasteiger partial charge in [-0.2, -0.15) is 18.9 Å². The van der Waals surface area contributed by atoms with Crippen LogP contribution in [0.1, 0.15) is 200 Å². The monoisotopic (exact) mass is 1720 g/mol. The predicted octanol–water partition coefficient (Wildman–Crippen LogP) is 12.2. The number of fused-ring (bicyclic) bond motifs is 8. The van der Waals surface area contributed by atoms with Gasteiger partial charge >= 0.3 is 0 Å². The molecule has 4 unspecified atom stereocenters. The Kier molecular flexibility index (Phi) is 30.4. The van der Waals surface area contributed by atoms with Crippen molar-refractivity contribution in [1.82, 2.24) is 40.2 Å². The number of rotatable bonds is 32. The van der Waals surface area contributed by atoms with Gasteiger partial charge in [0.2, 0.25) is 63.7 Å². The average molecular weight is 1720 g/mol. The van der Waals surface area contributed by atoms with Crippen molar-refractivity contribution in [2.45, 2.75) is 230 Å². The Labute approximate surface area is 710 Å². The quantitative estimate of drug-likeness (QED) is 0.0182. The van der Waals surface area contributed by atoms with Crippen LogP contribution in [0.2, 0.25) is 0 Å². The molecule has 1 aliphatic carbocycles. The van der Waals surface area contributed by atoms with Crippen molar-refractivity contribution >= 4 is 63.7 Å². The van der Waals surface area contributed by atoms with E-state index in [1.165, 1.54) is 76.2 Å². The lowest BCUT2D eigenvalue weighted by atomic mass is 9.79. The van der Waals surface area contributed by atoms with Crippen molar-refractivity contribution in [3.63, 3.8) is 0 Å². The smallest absolute Gasteiger partial charge is 0.241 e. The van der Waals surface area contributed by atoms with Crippen LogP contribution in [0.15, 0.2) is 165 Å². The first kappa shape index (κ1) is 94.3. The number of hydrogen-bond acceptors (Lipinski definition) is 16. The van der Waals surface area contributed by atoms with Crippen LogP contribution in [-0.2, 0) is 107 Å². The summed E-state index contributed by atoms with van der Waals surface area (Å²) >= 11 is 0. The Morgan fingerprint density at radius 2 is 0.433 bits per heavy atom. The van der Waals surface area contributed by atoms with Gasteiger partial charge in [0.1, 0.15) is 49.4 Å². The van der Waals surface area contributed by atoms with Crippen molar-refractivity contribution in [3.05, 3.63) is 235 Å². The maximum Gasteiger partial charge on any atom is 0.241 e. The van der Waals surface area contributed by atoms with Gasteiger partial charge in [0, 0.05) is 25.7 Å². The van der Waals surface area contributed by atoms with Crippen molar-refractivity contribution in [3.8, 4) is 23.0 Å². The molecule has 8 bridgehead atoms. The highest BCUT2D eigenvalue weighted by atomic mass is 32.2. The van der Waals surface area contributed by atoms with E-state index >= 15 is 0 Å². The number of aryl methyl sites for hydroxylation is 4. The van der Waals surface area contributed by atoms with Crippen LogP contribution in [0.5, 0.6) is 23.0 Å². The van der Waals surface area contributed by atoms with Crippen LogP contribution in [0.25, 0.3) is 0 Å². The van der Waals surface area contributed by atoms with Gasteiger partial charge in [-0.05, 0) is 192 Å². The third-order valence-corrected chi connectivity index (χ3v) is 27.0. The molecule has 9 rings (SSSR count). The van der Waals surface area contributed by atoms with E-state index < -0.39 is 110 Å². The largest absolute Gasteiger partial charge is 0.491 e. The van der Waals surface area contributed by atoms with Crippen molar-refractivity contribution < 1.29 is 71.8 Å². The molecule has 24 nitrogen and oxygen atoms in total. The number of nitrogens with one attached hydrogen (secondary N) is 8. The van der Waals surface area contributed by atoms with Crippen molar-refractivity contribution in [1.29, 1.82) is 0 Å². The molecule has 0 saturated heterocycles. The van der Waals surface area contributed by atoms with Crippen LogP contribution in [0, 0.1) is 27.7 Å². The number of benzene rings is 8. The summed E-state index contributed by atoms with van der Waals surface area (Å²) in [4.78, 5) is 56.1. The van der Waals surface area contributed by atoms with Gasteiger partial charge < -0.3 is 40.2 Å². The summed E-state index contributed by atoms with van der Waals surface area (Å²) in [6.07, 6.45) is 0.606. The lowest BCUT2D eigenvalue weighted by Gasteiger charge is -2.29. The van der Waals surface area contributed by atoms with E-state index in [9.17, 15) is 52.8 Å². The maximum absolute atomic E-state index is 14.0. The minimum absolute atomic E-state index is 0.00167. The zero-order valence-corrected chi connectivity index (χ0v) is 76.1. The highest BCUT2D eigenvalue weighted by molar-refractivity contribution is 7.90. The minimum atomic E-state index is -4.11. The molecule has 648 valence electrons. The van der Waals surface area contributed by atoms with Crippen LogP contribution >= 0.6 is 0 Å². The Hall–Kier alpha value is -9.52. The first-order valence-electron chi connectivity index (χ1n) is 40.5. The summed E-state index contributed by atoms with van der Waals surface area (Å²) in [6.45, 7) is 37.9. The Morgan fingerprint density at radius 1 is 0.283 bits per heavy atom. The summed E-state index contributed by atoms with van der Waals surface area (Å²) in [6, 6.07) is 37.3. The number of hydrogen-bond donors (Lipinski definition) is 8. The average Bonchev–Trinajstić information content (AvgIpc) is 0.759. The fraction of sp³-hybridized carbons (Fsp3) is 0.435. The van der Waals surface area contributed by atoms with Crippen LogP contribution in [0.3, 0.4) is 0 Å². The molecule has 0 radical (unpaired) electrons. The number of ether oxygens (including phenoxy) is 4. The minimum Gasteiger partial charge on any atom is -0.491 e. The molecular formula is C92H120N8O16S4.